The number of hydrogen-bond donors (Lipinski definition) is 1. The van der Waals surface area contributed by atoms with Crippen molar-refractivity contribution in [2.45, 2.75) is 0 Å². The summed E-state index contributed by atoms with van der Waals surface area (Å²) in [7, 11) is 0. The topological polar surface area (TPSA) is 27.6 Å². The molecule has 1 aromatic rings. The normalized spacial score (nSPS) is 18.8. The fourth-order valence-electron chi connectivity index (χ4n) is 1.91. The van der Waals surface area contributed by atoms with Crippen LogP contribution in [0, 0.1) is 0 Å². The van der Waals surface area contributed by atoms with Gasteiger partial charge in [-0.15, -0.1) is 0 Å². The van der Waals surface area contributed by atoms with Gasteiger partial charge in [0.2, 0.25) is 0 Å². The van der Waals surface area contributed by atoms with E-state index in [1.165, 1.54) is 11.0 Å². The van der Waals surface area contributed by atoms with Crippen molar-refractivity contribution in [3.05, 3.63) is 34.8 Å². The lowest BCUT2D eigenvalue weighted by atomic mass is 10.2. The summed E-state index contributed by atoms with van der Waals surface area (Å²) in [6, 6.07) is 8.29. The van der Waals surface area contributed by atoms with Gasteiger partial charge >= 0.3 is 0 Å². The second-order valence-corrected chi connectivity index (χ2v) is 3.36. The van der Waals surface area contributed by atoms with Crippen LogP contribution in [-0.4, -0.2) is 24.7 Å². The molecule has 0 aliphatic carbocycles. The predicted octanol–water partition coefficient (Wildman–Crippen LogP) is -0.752. The number of hydrogen-bond acceptors (Lipinski definition) is 3. The highest BCUT2D eigenvalue weighted by Gasteiger charge is 2.18. The van der Waals surface area contributed by atoms with E-state index < -0.39 is 0 Å². The van der Waals surface area contributed by atoms with Crippen molar-refractivity contribution >= 4 is 5.82 Å². The van der Waals surface area contributed by atoms with Gasteiger partial charge in [-0.1, -0.05) is 12.1 Å². The lowest BCUT2D eigenvalue weighted by Crippen LogP contribution is -2.39. The SMILES string of the molecule is c1ccc2c(c1)=NCN1CCNC=21. The van der Waals surface area contributed by atoms with Crippen LogP contribution in [0.15, 0.2) is 29.3 Å². The first-order valence-corrected chi connectivity index (χ1v) is 4.58. The van der Waals surface area contributed by atoms with Crippen LogP contribution in [0.5, 0.6) is 0 Å². The molecule has 2 aliphatic heterocycles. The summed E-state index contributed by atoms with van der Waals surface area (Å²) < 4.78 is 0. The Balaban J connectivity index is 2.38. The molecule has 2 heterocycles. The van der Waals surface area contributed by atoms with Crippen LogP contribution >= 0.6 is 0 Å². The van der Waals surface area contributed by atoms with Crippen molar-refractivity contribution in [1.82, 2.24) is 10.2 Å². The Morgan fingerprint density at radius 1 is 1.31 bits per heavy atom. The van der Waals surface area contributed by atoms with Crippen molar-refractivity contribution in [3.8, 4) is 0 Å². The molecule has 2 aliphatic rings. The third kappa shape index (κ3) is 0.932. The quantitative estimate of drug-likeness (QED) is 0.559. The summed E-state index contributed by atoms with van der Waals surface area (Å²) in [6.07, 6.45) is 0. The first-order chi connectivity index (χ1) is 6.45. The van der Waals surface area contributed by atoms with Gasteiger partial charge in [0.25, 0.3) is 0 Å². The number of fused-ring (bicyclic) bond motifs is 2. The molecule has 0 amide bonds. The predicted molar refractivity (Wildman–Crippen MR) is 50.2 cm³/mol. The van der Waals surface area contributed by atoms with E-state index in [4.69, 9.17) is 0 Å². The number of benzene rings is 1. The standard InChI is InChI=1S/C10H11N3/c1-2-4-9-8(3-1)10-11-5-6-13(10)7-12-9/h1-4,11H,5-7H2. The molecule has 0 saturated carbocycles. The van der Waals surface area contributed by atoms with E-state index in [0.717, 1.165) is 25.1 Å². The van der Waals surface area contributed by atoms with Gasteiger partial charge in [-0.3, -0.25) is 4.99 Å². The van der Waals surface area contributed by atoms with Crippen LogP contribution in [0.1, 0.15) is 0 Å². The maximum absolute atomic E-state index is 4.50. The molecule has 0 spiro atoms. The van der Waals surface area contributed by atoms with E-state index in [-0.39, 0.29) is 0 Å². The lowest BCUT2D eigenvalue weighted by Gasteiger charge is -2.19. The molecule has 1 saturated heterocycles. The van der Waals surface area contributed by atoms with Crippen molar-refractivity contribution in [2.24, 2.45) is 4.99 Å². The molecule has 66 valence electrons. The fourth-order valence-corrected chi connectivity index (χ4v) is 1.91. The van der Waals surface area contributed by atoms with Gasteiger partial charge in [-0.05, 0) is 12.1 Å². The Morgan fingerprint density at radius 2 is 2.23 bits per heavy atom. The molecular formula is C10H11N3. The van der Waals surface area contributed by atoms with E-state index in [0.29, 0.717) is 0 Å². The average molecular weight is 173 g/mol. The first-order valence-electron chi connectivity index (χ1n) is 4.58. The van der Waals surface area contributed by atoms with Crippen LogP contribution in [0.3, 0.4) is 0 Å². The Bertz CT molecular complexity index is 449. The van der Waals surface area contributed by atoms with Crippen LogP contribution in [-0.2, 0) is 0 Å². The Hall–Kier alpha value is -1.51. The van der Waals surface area contributed by atoms with E-state index in [1.54, 1.807) is 0 Å². The molecule has 1 fully saturated rings. The highest BCUT2D eigenvalue weighted by atomic mass is 15.3. The Labute approximate surface area is 76.4 Å². The minimum absolute atomic E-state index is 0.805. The lowest BCUT2D eigenvalue weighted by molar-refractivity contribution is 0.442. The van der Waals surface area contributed by atoms with Gasteiger partial charge in [-0.25, -0.2) is 0 Å². The van der Waals surface area contributed by atoms with E-state index in [9.17, 15) is 0 Å². The van der Waals surface area contributed by atoms with E-state index >= 15 is 0 Å². The molecular weight excluding hydrogens is 162 g/mol. The van der Waals surface area contributed by atoms with Crippen molar-refractivity contribution in [2.75, 3.05) is 19.8 Å². The summed E-state index contributed by atoms with van der Waals surface area (Å²) >= 11 is 0. The summed E-state index contributed by atoms with van der Waals surface area (Å²) in [5.74, 6) is 1.26. The minimum atomic E-state index is 0.805. The maximum Gasteiger partial charge on any atom is 0.113 e. The van der Waals surface area contributed by atoms with Crippen LogP contribution in [0.4, 0.5) is 0 Å². The smallest absolute Gasteiger partial charge is 0.113 e. The summed E-state index contributed by atoms with van der Waals surface area (Å²) in [5, 5.41) is 5.75. The Morgan fingerprint density at radius 3 is 3.23 bits per heavy atom. The maximum atomic E-state index is 4.50. The molecule has 0 bridgehead atoms. The zero-order valence-corrected chi connectivity index (χ0v) is 7.33. The number of nitrogens with one attached hydrogen (secondary N) is 1. The highest BCUT2D eigenvalue weighted by molar-refractivity contribution is 5.43. The van der Waals surface area contributed by atoms with E-state index in [1.807, 2.05) is 6.07 Å². The third-order valence-corrected chi connectivity index (χ3v) is 2.56. The van der Waals surface area contributed by atoms with Gasteiger partial charge in [0.05, 0.1) is 5.36 Å². The zero-order valence-electron chi connectivity index (χ0n) is 7.33. The molecule has 0 aromatic heterocycles. The van der Waals surface area contributed by atoms with Gasteiger partial charge in [0, 0.05) is 18.3 Å². The molecule has 0 radical (unpaired) electrons. The minimum Gasteiger partial charge on any atom is -0.369 e. The molecule has 0 atom stereocenters. The molecule has 0 unspecified atom stereocenters. The van der Waals surface area contributed by atoms with Gasteiger partial charge in [0.1, 0.15) is 12.5 Å². The van der Waals surface area contributed by atoms with E-state index in [2.05, 4.69) is 33.4 Å². The molecule has 3 rings (SSSR count). The molecule has 1 aromatic carbocycles. The van der Waals surface area contributed by atoms with Crippen molar-refractivity contribution in [1.29, 1.82) is 0 Å². The monoisotopic (exact) mass is 173 g/mol. The summed E-state index contributed by atoms with van der Waals surface area (Å²) in [6.45, 7) is 2.92. The summed E-state index contributed by atoms with van der Waals surface area (Å²) in [5.41, 5.74) is 0. The second-order valence-electron chi connectivity index (χ2n) is 3.36. The van der Waals surface area contributed by atoms with Crippen LogP contribution in [0.2, 0.25) is 0 Å². The van der Waals surface area contributed by atoms with Crippen LogP contribution < -0.4 is 15.9 Å². The average Bonchev–Trinajstić information content (AvgIpc) is 2.65. The van der Waals surface area contributed by atoms with Gasteiger partial charge in [-0.2, -0.15) is 0 Å². The largest absolute Gasteiger partial charge is 0.369 e. The van der Waals surface area contributed by atoms with Crippen molar-refractivity contribution in [3.63, 3.8) is 0 Å². The zero-order chi connectivity index (χ0) is 8.67. The molecule has 1 N–H and O–H groups in total. The molecule has 13 heavy (non-hydrogen) atoms. The highest BCUT2D eigenvalue weighted by Crippen LogP contribution is 2.06. The van der Waals surface area contributed by atoms with Gasteiger partial charge < -0.3 is 10.2 Å². The van der Waals surface area contributed by atoms with Crippen LogP contribution in [0.25, 0.3) is 5.82 Å². The number of rotatable bonds is 0. The summed E-state index contributed by atoms with van der Waals surface area (Å²) in [4.78, 5) is 6.78. The first kappa shape index (κ1) is 6.95. The van der Waals surface area contributed by atoms with Gasteiger partial charge in [0.15, 0.2) is 0 Å². The molecule has 3 heteroatoms. The molecule has 3 nitrogen and oxygen atoms in total. The van der Waals surface area contributed by atoms with Crippen molar-refractivity contribution < 1.29 is 0 Å². The fraction of sp³-hybridized carbons (Fsp3) is 0.300. The second kappa shape index (κ2) is 2.49. The Kier molecular flexibility index (Phi) is 1.33. The number of nitrogens with zero attached hydrogens (tertiary/aromatic N) is 2. The number of para-hydroxylation sites is 1. The third-order valence-electron chi connectivity index (χ3n) is 2.56.